The Labute approximate surface area is 154 Å². The van der Waals surface area contributed by atoms with Gasteiger partial charge in [0.2, 0.25) is 5.91 Å². The minimum absolute atomic E-state index is 0.0106. The lowest BCUT2D eigenvalue weighted by Crippen LogP contribution is -2.34. The van der Waals surface area contributed by atoms with Crippen LogP contribution in [0.25, 0.3) is 0 Å². The van der Waals surface area contributed by atoms with Crippen LogP contribution in [0.5, 0.6) is 0 Å². The largest absolute Gasteiger partial charge is 0.391 e. The Hall–Kier alpha value is -2.25. The highest BCUT2D eigenvalue weighted by Crippen LogP contribution is 2.23. The number of carbonyl (C=O) groups excluding carboxylic acids is 1. The van der Waals surface area contributed by atoms with Gasteiger partial charge in [-0.05, 0) is 31.5 Å². The molecule has 1 aliphatic rings. The third-order valence-electron chi connectivity index (χ3n) is 4.98. The van der Waals surface area contributed by atoms with Gasteiger partial charge in [-0.2, -0.15) is 0 Å². The van der Waals surface area contributed by atoms with E-state index in [9.17, 15) is 9.90 Å². The molecule has 7 nitrogen and oxygen atoms in total. The van der Waals surface area contributed by atoms with Crippen molar-refractivity contribution in [2.24, 2.45) is 0 Å². The first-order valence-electron chi connectivity index (χ1n) is 9.14. The van der Waals surface area contributed by atoms with Gasteiger partial charge in [0.05, 0.1) is 18.5 Å². The van der Waals surface area contributed by atoms with Crippen molar-refractivity contribution in [3.8, 4) is 0 Å². The summed E-state index contributed by atoms with van der Waals surface area (Å²) in [6, 6.07) is 3.95. The molecular formula is C19H27N5O2. The standard InChI is InChI=1S/C19H27N5O2/c1-22(14-16-3-2-7-20-13-16)9-6-19(26)23-10-4-17(18(25)5-11-23)24-12-8-21-15-24/h2-3,7-8,12-13,15,17-18,25H,4-6,9-11,14H2,1H3/t17-,18-/m0/s1. The summed E-state index contributed by atoms with van der Waals surface area (Å²) in [7, 11) is 2.02. The predicted molar refractivity (Wildman–Crippen MR) is 98.3 cm³/mol. The van der Waals surface area contributed by atoms with Crippen molar-refractivity contribution in [1.82, 2.24) is 24.3 Å². The number of nitrogens with zero attached hydrogens (tertiary/aromatic N) is 5. The molecule has 2 aromatic rings. The van der Waals surface area contributed by atoms with E-state index in [-0.39, 0.29) is 11.9 Å². The number of amides is 1. The molecule has 1 saturated heterocycles. The van der Waals surface area contributed by atoms with Gasteiger partial charge in [-0.25, -0.2) is 4.98 Å². The number of hydrogen-bond donors (Lipinski definition) is 1. The van der Waals surface area contributed by atoms with Crippen LogP contribution in [-0.4, -0.2) is 68.1 Å². The van der Waals surface area contributed by atoms with Crippen LogP contribution >= 0.6 is 0 Å². The van der Waals surface area contributed by atoms with Gasteiger partial charge in [0.1, 0.15) is 0 Å². The van der Waals surface area contributed by atoms with Crippen molar-refractivity contribution >= 4 is 5.91 Å². The highest BCUT2D eigenvalue weighted by molar-refractivity contribution is 5.76. The fourth-order valence-electron chi connectivity index (χ4n) is 3.46. The molecule has 0 aliphatic carbocycles. The molecular weight excluding hydrogens is 330 g/mol. The van der Waals surface area contributed by atoms with Gasteiger partial charge in [0, 0.05) is 57.4 Å². The lowest BCUT2D eigenvalue weighted by molar-refractivity contribution is -0.131. The van der Waals surface area contributed by atoms with Gasteiger partial charge in [0.15, 0.2) is 0 Å². The van der Waals surface area contributed by atoms with E-state index in [2.05, 4.69) is 14.9 Å². The number of imidazole rings is 1. The van der Waals surface area contributed by atoms with E-state index in [0.29, 0.717) is 32.5 Å². The topological polar surface area (TPSA) is 74.5 Å². The lowest BCUT2D eigenvalue weighted by atomic mass is 10.1. The number of aromatic nitrogens is 3. The second kappa shape index (κ2) is 8.91. The highest BCUT2D eigenvalue weighted by atomic mass is 16.3. The van der Waals surface area contributed by atoms with Crippen LogP contribution in [0.3, 0.4) is 0 Å². The fraction of sp³-hybridized carbons (Fsp3) is 0.526. The van der Waals surface area contributed by atoms with Crippen LogP contribution < -0.4 is 0 Å². The molecule has 2 atom stereocenters. The molecule has 1 N–H and O–H groups in total. The van der Waals surface area contributed by atoms with E-state index in [1.165, 1.54) is 0 Å². The average Bonchev–Trinajstić information content (AvgIpc) is 3.10. The van der Waals surface area contributed by atoms with Gasteiger partial charge in [-0.1, -0.05) is 6.07 Å². The first-order chi connectivity index (χ1) is 12.6. The maximum absolute atomic E-state index is 12.6. The number of rotatable bonds is 6. The molecule has 1 amide bonds. The van der Waals surface area contributed by atoms with Gasteiger partial charge >= 0.3 is 0 Å². The van der Waals surface area contributed by atoms with Gasteiger partial charge in [-0.3, -0.25) is 9.78 Å². The van der Waals surface area contributed by atoms with Crippen LogP contribution in [0, 0.1) is 0 Å². The van der Waals surface area contributed by atoms with E-state index in [1.54, 1.807) is 18.7 Å². The van der Waals surface area contributed by atoms with Crippen molar-refractivity contribution in [1.29, 1.82) is 0 Å². The molecule has 0 saturated carbocycles. The maximum atomic E-state index is 12.6. The second-order valence-electron chi connectivity index (χ2n) is 6.95. The van der Waals surface area contributed by atoms with Crippen molar-refractivity contribution < 1.29 is 9.90 Å². The minimum Gasteiger partial charge on any atom is -0.391 e. The van der Waals surface area contributed by atoms with E-state index < -0.39 is 6.10 Å². The number of aliphatic hydroxyl groups is 1. The number of aliphatic hydroxyl groups excluding tert-OH is 1. The Morgan fingerprint density at radius 3 is 2.88 bits per heavy atom. The molecule has 140 valence electrons. The molecule has 0 radical (unpaired) electrons. The Balaban J connectivity index is 1.47. The summed E-state index contributed by atoms with van der Waals surface area (Å²) >= 11 is 0. The Morgan fingerprint density at radius 1 is 1.31 bits per heavy atom. The summed E-state index contributed by atoms with van der Waals surface area (Å²) in [5.74, 6) is 0.154. The SMILES string of the molecule is CN(CCC(=O)N1CC[C@H](O)[C@@H](n2ccnc2)CC1)Cc1cccnc1. The molecule has 3 rings (SSSR count). The average molecular weight is 357 g/mol. The van der Waals surface area contributed by atoms with E-state index in [0.717, 1.165) is 18.5 Å². The summed E-state index contributed by atoms with van der Waals surface area (Å²) in [6.45, 7) is 2.77. The van der Waals surface area contributed by atoms with Crippen LogP contribution in [0.2, 0.25) is 0 Å². The van der Waals surface area contributed by atoms with Crippen molar-refractivity contribution in [3.05, 3.63) is 48.8 Å². The smallest absolute Gasteiger partial charge is 0.223 e. The Kier molecular flexibility index (Phi) is 6.35. The van der Waals surface area contributed by atoms with Crippen LogP contribution in [0.4, 0.5) is 0 Å². The zero-order valence-electron chi connectivity index (χ0n) is 15.2. The second-order valence-corrected chi connectivity index (χ2v) is 6.95. The van der Waals surface area contributed by atoms with Crippen LogP contribution in [-0.2, 0) is 11.3 Å². The minimum atomic E-state index is -0.449. The van der Waals surface area contributed by atoms with Crippen LogP contribution in [0.15, 0.2) is 43.2 Å². The number of hydrogen-bond acceptors (Lipinski definition) is 5. The Morgan fingerprint density at radius 2 is 2.15 bits per heavy atom. The number of pyridine rings is 1. The number of likely N-dealkylation sites (tertiary alicyclic amines) is 1. The third kappa shape index (κ3) is 4.89. The highest BCUT2D eigenvalue weighted by Gasteiger charge is 2.27. The maximum Gasteiger partial charge on any atom is 0.223 e. The fourth-order valence-corrected chi connectivity index (χ4v) is 3.46. The summed E-state index contributed by atoms with van der Waals surface area (Å²) in [6.07, 6.45) is 10.3. The predicted octanol–water partition coefficient (Wildman–Crippen LogP) is 1.32. The van der Waals surface area contributed by atoms with Gasteiger partial charge < -0.3 is 19.5 Å². The first-order valence-corrected chi connectivity index (χ1v) is 9.14. The molecule has 3 heterocycles. The molecule has 0 spiro atoms. The van der Waals surface area contributed by atoms with Gasteiger partial charge in [0.25, 0.3) is 0 Å². The van der Waals surface area contributed by atoms with Crippen molar-refractivity contribution in [2.45, 2.75) is 38.0 Å². The molecule has 7 heteroatoms. The quantitative estimate of drug-likeness (QED) is 0.844. The Bertz CT molecular complexity index is 677. The summed E-state index contributed by atoms with van der Waals surface area (Å²) in [4.78, 5) is 24.8. The molecule has 0 aromatic carbocycles. The summed E-state index contributed by atoms with van der Waals surface area (Å²) < 4.78 is 1.94. The summed E-state index contributed by atoms with van der Waals surface area (Å²) in [5.41, 5.74) is 1.14. The molecule has 26 heavy (non-hydrogen) atoms. The van der Waals surface area contributed by atoms with E-state index in [4.69, 9.17) is 0 Å². The van der Waals surface area contributed by atoms with Gasteiger partial charge in [-0.15, -0.1) is 0 Å². The molecule has 2 aromatic heterocycles. The molecule has 0 unspecified atom stereocenters. The van der Waals surface area contributed by atoms with Crippen molar-refractivity contribution in [3.63, 3.8) is 0 Å². The van der Waals surface area contributed by atoms with E-state index in [1.807, 2.05) is 41.0 Å². The van der Waals surface area contributed by atoms with Crippen molar-refractivity contribution in [2.75, 3.05) is 26.7 Å². The zero-order valence-corrected chi connectivity index (χ0v) is 15.2. The lowest BCUT2D eigenvalue weighted by Gasteiger charge is -2.23. The molecule has 1 fully saturated rings. The normalized spacial score (nSPS) is 21.0. The monoisotopic (exact) mass is 357 g/mol. The molecule has 0 bridgehead atoms. The zero-order chi connectivity index (χ0) is 18.4. The van der Waals surface area contributed by atoms with Crippen LogP contribution in [0.1, 0.15) is 30.9 Å². The first kappa shape index (κ1) is 18.5. The van der Waals surface area contributed by atoms with E-state index >= 15 is 0 Å². The molecule has 1 aliphatic heterocycles. The third-order valence-corrected chi connectivity index (χ3v) is 4.98. The summed E-state index contributed by atoms with van der Waals surface area (Å²) in [5, 5.41) is 10.4. The number of carbonyl (C=O) groups is 1.